The molecule has 1 atom stereocenters. The van der Waals surface area contributed by atoms with Gasteiger partial charge in [-0.1, -0.05) is 24.9 Å². The first-order valence-corrected chi connectivity index (χ1v) is 6.49. The standard InChI is InChI=1S/C11H19ClN2S/c1-3-4-9(13)7-14(2)8-10-5-6-11(12)15-10/h5-6,9H,3-4,7-8,13H2,1-2H3. The van der Waals surface area contributed by atoms with Crippen molar-refractivity contribution in [2.75, 3.05) is 13.6 Å². The van der Waals surface area contributed by atoms with E-state index in [0.29, 0.717) is 0 Å². The Morgan fingerprint density at radius 2 is 2.27 bits per heavy atom. The van der Waals surface area contributed by atoms with Gasteiger partial charge < -0.3 is 5.73 Å². The number of rotatable bonds is 6. The number of likely N-dealkylation sites (N-methyl/N-ethyl adjacent to an activating group) is 1. The zero-order valence-corrected chi connectivity index (χ0v) is 10.9. The molecule has 0 amide bonds. The summed E-state index contributed by atoms with van der Waals surface area (Å²) in [7, 11) is 2.10. The molecule has 0 radical (unpaired) electrons. The van der Waals surface area contributed by atoms with Gasteiger partial charge in [0.25, 0.3) is 0 Å². The van der Waals surface area contributed by atoms with E-state index >= 15 is 0 Å². The molecule has 0 spiro atoms. The van der Waals surface area contributed by atoms with Gasteiger partial charge in [0.15, 0.2) is 0 Å². The lowest BCUT2D eigenvalue weighted by molar-refractivity contribution is 0.299. The normalized spacial score (nSPS) is 13.4. The highest BCUT2D eigenvalue weighted by molar-refractivity contribution is 7.16. The smallest absolute Gasteiger partial charge is 0.0931 e. The Morgan fingerprint density at radius 1 is 1.53 bits per heavy atom. The van der Waals surface area contributed by atoms with Crippen LogP contribution in [0, 0.1) is 0 Å². The fourth-order valence-corrected chi connectivity index (χ4v) is 2.80. The molecule has 1 aromatic heterocycles. The molecule has 86 valence electrons. The zero-order chi connectivity index (χ0) is 11.3. The molecule has 0 aromatic carbocycles. The Morgan fingerprint density at radius 3 is 2.80 bits per heavy atom. The third-order valence-corrected chi connectivity index (χ3v) is 3.48. The van der Waals surface area contributed by atoms with Crippen LogP contribution in [0.3, 0.4) is 0 Å². The number of nitrogens with zero attached hydrogens (tertiary/aromatic N) is 1. The molecule has 2 N–H and O–H groups in total. The van der Waals surface area contributed by atoms with E-state index < -0.39 is 0 Å². The first-order valence-electron chi connectivity index (χ1n) is 5.30. The van der Waals surface area contributed by atoms with Gasteiger partial charge in [0, 0.05) is 24.0 Å². The number of hydrogen-bond donors (Lipinski definition) is 1. The summed E-state index contributed by atoms with van der Waals surface area (Å²) in [6, 6.07) is 4.31. The minimum absolute atomic E-state index is 0.287. The van der Waals surface area contributed by atoms with E-state index in [2.05, 4.69) is 24.9 Å². The Kier molecular flexibility index (Phi) is 5.61. The second kappa shape index (κ2) is 6.48. The van der Waals surface area contributed by atoms with Gasteiger partial charge in [-0.2, -0.15) is 0 Å². The molecule has 2 nitrogen and oxygen atoms in total. The van der Waals surface area contributed by atoms with Gasteiger partial charge in [-0.05, 0) is 25.6 Å². The van der Waals surface area contributed by atoms with Crippen LogP contribution >= 0.6 is 22.9 Å². The molecule has 0 fully saturated rings. The lowest BCUT2D eigenvalue weighted by Gasteiger charge is -2.20. The Balaban J connectivity index is 2.32. The summed E-state index contributed by atoms with van der Waals surface area (Å²) in [6.45, 7) is 4.05. The molecule has 1 rings (SSSR count). The van der Waals surface area contributed by atoms with Crippen molar-refractivity contribution in [1.82, 2.24) is 4.90 Å². The van der Waals surface area contributed by atoms with E-state index in [-0.39, 0.29) is 6.04 Å². The van der Waals surface area contributed by atoms with Crippen LogP contribution in [0.15, 0.2) is 12.1 Å². The zero-order valence-electron chi connectivity index (χ0n) is 9.37. The SMILES string of the molecule is CCCC(N)CN(C)Cc1ccc(Cl)s1. The van der Waals surface area contributed by atoms with Crippen LogP contribution in [0.25, 0.3) is 0 Å². The molecule has 0 aliphatic rings. The third kappa shape index (κ3) is 4.98. The second-order valence-corrected chi connectivity index (χ2v) is 5.75. The van der Waals surface area contributed by atoms with Gasteiger partial charge in [-0.3, -0.25) is 4.90 Å². The van der Waals surface area contributed by atoms with Gasteiger partial charge in [0.1, 0.15) is 0 Å². The van der Waals surface area contributed by atoms with Crippen LogP contribution in [0.1, 0.15) is 24.6 Å². The maximum Gasteiger partial charge on any atom is 0.0931 e. The lowest BCUT2D eigenvalue weighted by Crippen LogP contribution is -2.34. The van der Waals surface area contributed by atoms with Crippen LogP contribution in [0.2, 0.25) is 4.34 Å². The summed E-state index contributed by atoms with van der Waals surface area (Å²) < 4.78 is 0.858. The molecule has 0 saturated carbocycles. The van der Waals surface area contributed by atoms with Crippen molar-refractivity contribution in [3.63, 3.8) is 0 Å². The van der Waals surface area contributed by atoms with E-state index in [0.717, 1.165) is 30.3 Å². The highest BCUT2D eigenvalue weighted by atomic mass is 35.5. The van der Waals surface area contributed by atoms with Gasteiger partial charge in [0.2, 0.25) is 0 Å². The Labute approximate surface area is 101 Å². The minimum Gasteiger partial charge on any atom is -0.327 e. The van der Waals surface area contributed by atoms with E-state index in [1.165, 1.54) is 4.88 Å². The highest BCUT2D eigenvalue weighted by Crippen LogP contribution is 2.22. The average molecular weight is 247 g/mol. The first-order chi connectivity index (χ1) is 7.11. The quantitative estimate of drug-likeness (QED) is 0.836. The summed E-state index contributed by atoms with van der Waals surface area (Å²) in [6.07, 6.45) is 2.25. The molecule has 0 saturated heterocycles. The third-order valence-electron chi connectivity index (χ3n) is 2.26. The maximum absolute atomic E-state index is 5.98. The summed E-state index contributed by atoms with van der Waals surface area (Å²) in [5.41, 5.74) is 5.98. The van der Waals surface area contributed by atoms with Crippen molar-refractivity contribution in [3.8, 4) is 0 Å². The van der Waals surface area contributed by atoms with Crippen LogP contribution < -0.4 is 5.73 Å². The summed E-state index contributed by atoms with van der Waals surface area (Å²) in [5.74, 6) is 0. The molecular weight excluding hydrogens is 228 g/mol. The van der Waals surface area contributed by atoms with E-state index in [4.69, 9.17) is 17.3 Å². The minimum atomic E-state index is 0.287. The molecular formula is C11H19ClN2S. The number of halogens is 1. The number of hydrogen-bond acceptors (Lipinski definition) is 3. The lowest BCUT2D eigenvalue weighted by atomic mass is 10.2. The molecule has 4 heteroatoms. The number of nitrogens with two attached hydrogens (primary N) is 1. The predicted octanol–water partition coefficient (Wildman–Crippen LogP) is 2.96. The van der Waals surface area contributed by atoms with Crippen molar-refractivity contribution in [2.24, 2.45) is 5.73 Å². The first kappa shape index (κ1) is 13.0. The summed E-state index contributed by atoms with van der Waals surface area (Å²) >= 11 is 7.51. The number of thiophene rings is 1. The maximum atomic E-state index is 5.98. The van der Waals surface area contributed by atoms with Gasteiger partial charge in [-0.25, -0.2) is 0 Å². The van der Waals surface area contributed by atoms with Crippen molar-refractivity contribution >= 4 is 22.9 Å². The molecule has 1 aromatic rings. The highest BCUT2D eigenvalue weighted by Gasteiger charge is 2.07. The molecule has 15 heavy (non-hydrogen) atoms. The van der Waals surface area contributed by atoms with Crippen molar-refractivity contribution < 1.29 is 0 Å². The van der Waals surface area contributed by atoms with Crippen molar-refractivity contribution in [1.29, 1.82) is 0 Å². The fraction of sp³-hybridized carbons (Fsp3) is 0.636. The molecule has 1 unspecified atom stereocenters. The van der Waals surface area contributed by atoms with Gasteiger partial charge in [0.05, 0.1) is 4.34 Å². The van der Waals surface area contributed by atoms with E-state index in [1.54, 1.807) is 11.3 Å². The fourth-order valence-electron chi connectivity index (χ4n) is 1.63. The second-order valence-electron chi connectivity index (χ2n) is 3.95. The summed E-state index contributed by atoms with van der Waals surface area (Å²) in [5, 5.41) is 0. The van der Waals surface area contributed by atoms with Crippen LogP contribution in [0.4, 0.5) is 0 Å². The van der Waals surface area contributed by atoms with Gasteiger partial charge >= 0.3 is 0 Å². The van der Waals surface area contributed by atoms with Crippen LogP contribution in [-0.4, -0.2) is 24.5 Å². The van der Waals surface area contributed by atoms with Crippen molar-refractivity contribution in [3.05, 3.63) is 21.3 Å². The van der Waals surface area contributed by atoms with Crippen LogP contribution in [-0.2, 0) is 6.54 Å². The van der Waals surface area contributed by atoms with Crippen molar-refractivity contribution in [2.45, 2.75) is 32.4 Å². The molecule has 0 aliphatic heterocycles. The average Bonchev–Trinajstić information content (AvgIpc) is 2.51. The van der Waals surface area contributed by atoms with Crippen LogP contribution in [0.5, 0.6) is 0 Å². The van der Waals surface area contributed by atoms with E-state index in [9.17, 15) is 0 Å². The monoisotopic (exact) mass is 246 g/mol. The molecule has 0 bridgehead atoms. The molecule has 0 aliphatic carbocycles. The topological polar surface area (TPSA) is 29.3 Å². The predicted molar refractivity (Wildman–Crippen MR) is 68.5 cm³/mol. The summed E-state index contributed by atoms with van der Waals surface area (Å²) in [4.78, 5) is 3.55. The Bertz CT molecular complexity index is 288. The Hall–Kier alpha value is -0.0900. The largest absolute Gasteiger partial charge is 0.327 e. The van der Waals surface area contributed by atoms with E-state index in [1.807, 2.05) is 6.07 Å². The molecule has 1 heterocycles. The van der Waals surface area contributed by atoms with Gasteiger partial charge in [-0.15, -0.1) is 11.3 Å².